The first kappa shape index (κ1) is 19.6. The number of fused-ring (bicyclic) bond motifs is 1. The number of halogens is 1. The number of carbonyl (C=O) groups is 2. The zero-order valence-electron chi connectivity index (χ0n) is 16.2. The second-order valence-corrected chi connectivity index (χ2v) is 6.75. The fourth-order valence-electron chi connectivity index (χ4n) is 3.12. The number of hydrogen-bond acceptors (Lipinski definition) is 3. The number of benzene rings is 2. The monoisotopic (exact) mass is 382 g/mol. The van der Waals surface area contributed by atoms with Crippen LogP contribution < -0.4 is 0 Å². The zero-order chi connectivity index (χ0) is 20.3. The first-order valence-corrected chi connectivity index (χ1v) is 9.17. The summed E-state index contributed by atoms with van der Waals surface area (Å²) in [6, 6.07) is 11.4. The van der Waals surface area contributed by atoms with E-state index in [-0.39, 0.29) is 24.9 Å². The number of amides is 1. The minimum Gasteiger partial charge on any atom is -0.452 e. The molecule has 3 aromatic rings. The number of likely N-dealkylation sites (N-methyl/N-ethyl adjacent to an activating group) is 1. The Morgan fingerprint density at radius 2 is 1.93 bits per heavy atom. The highest BCUT2D eigenvalue weighted by molar-refractivity contribution is 5.96. The molecule has 0 atom stereocenters. The summed E-state index contributed by atoms with van der Waals surface area (Å²) in [7, 11) is 0. The van der Waals surface area contributed by atoms with Gasteiger partial charge in [-0.05, 0) is 62.2 Å². The number of ether oxygens (including phenoxy) is 1. The maximum absolute atomic E-state index is 13.3. The first-order valence-electron chi connectivity index (χ1n) is 9.17. The van der Waals surface area contributed by atoms with Crippen LogP contribution in [0.5, 0.6) is 0 Å². The molecule has 0 radical (unpaired) electrons. The lowest BCUT2D eigenvalue weighted by Gasteiger charge is -2.21. The number of nitrogens with one attached hydrogen (secondary N) is 1. The molecule has 1 N–H and O–H groups in total. The van der Waals surface area contributed by atoms with Crippen LogP contribution in [-0.2, 0) is 16.1 Å². The van der Waals surface area contributed by atoms with Crippen molar-refractivity contribution in [2.75, 3.05) is 13.2 Å². The summed E-state index contributed by atoms with van der Waals surface area (Å²) < 4.78 is 18.5. The Morgan fingerprint density at radius 3 is 2.64 bits per heavy atom. The molecule has 0 aliphatic carbocycles. The van der Waals surface area contributed by atoms with Crippen molar-refractivity contribution in [3.63, 3.8) is 0 Å². The van der Waals surface area contributed by atoms with Crippen molar-refractivity contribution in [2.45, 2.75) is 27.3 Å². The molecular weight excluding hydrogens is 359 g/mol. The molecule has 2 aromatic carbocycles. The van der Waals surface area contributed by atoms with Gasteiger partial charge in [0.1, 0.15) is 5.82 Å². The van der Waals surface area contributed by atoms with E-state index in [9.17, 15) is 14.0 Å². The third-order valence-electron chi connectivity index (χ3n) is 4.87. The molecule has 0 saturated heterocycles. The topological polar surface area (TPSA) is 62.4 Å². The fraction of sp³-hybridized carbons (Fsp3) is 0.273. The van der Waals surface area contributed by atoms with Crippen molar-refractivity contribution >= 4 is 22.8 Å². The van der Waals surface area contributed by atoms with Gasteiger partial charge in [0, 0.05) is 29.7 Å². The zero-order valence-corrected chi connectivity index (χ0v) is 16.2. The number of esters is 1. The van der Waals surface area contributed by atoms with Gasteiger partial charge in [-0.15, -0.1) is 0 Å². The quantitative estimate of drug-likeness (QED) is 0.652. The molecule has 6 heteroatoms. The Bertz CT molecular complexity index is 1030. The highest BCUT2D eigenvalue weighted by atomic mass is 19.1. The lowest BCUT2D eigenvalue weighted by atomic mass is 10.1. The van der Waals surface area contributed by atoms with Crippen LogP contribution in [0.1, 0.15) is 34.1 Å². The first-order chi connectivity index (χ1) is 13.4. The van der Waals surface area contributed by atoms with Crippen LogP contribution in [-0.4, -0.2) is 34.9 Å². The van der Waals surface area contributed by atoms with Gasteiger partial charge in [0.2, 0.25) is 0 Å². The predicted octanol–water partition coefficient (Wildman–Crippen LogP) is 4.13. The number of hydrogen-bond donors (Lipinski definition) is 1. The Kier molecular flexibility index (Phi) is 5.78. The van der Waals surface area contributed by atoms with E-state index in [2.05, 4.69) is 4.98 Å². The maximum Gasteiger partial charge on any atom is 0.338 e. The standard InChI is InChI=1S/C22H23FN2O3/c1-4-25(12-16-6-5-7-18(23)10-16)21(26)13-28-22(27)17-8-9-20-19(11-17)14(2)15(3)24-20/h5-11,24H,4,12-13H2,1-3H3. The van der Waals surface area contributed by atoms with Gasteiger partial charge in [-0.1, -0.05) is 12.1 Å². The van der Waals surface area contributed by atoms with E-state index < -0.39 is 5.97 Å². The number of H-pyrrole nitrogens is 1. The number of aromatic nitrogens is 1. The van der Waals surface area contributed by atoms with Crippen molar-refractivity contribution in [2.24, 2.45) is 0 Å². The normalized spacial score (nSPS) is 10.9. The van der Waals surface area contributed by atoms with Crippen molar-refractivity contribution < 1.29 is 18.7 Å². The van der Waals surface area contributed by atoms with Gasteiger partial charge in [0.15, 0.2) is 6.61 Å². The van der Waals surface area contributed by atoms with Crippen LogP contribution >= 0.6 is 0 Å². The van der Waals surface area contributed by atoms with Gasteiger partial charge in [-0.2, -0.15) is 0 Å². The van der Waals surface area contributed by atoms with E-state index in [4.69, 9.17) is 4.74 Å². The van der Waals surface area contributed by atoms with Crippen molar-refractivity contribution in [3.05, 3.63) is 70.7 Å². The van der Waals surface area contributed by atoms with Gasteiger partial charge < -0.3 is 14.6 Å². The van der Waals surface area contributed by atoms with Crippen LogP contribution in [0.25, 0.3) is 10.9 Å². The summed E-state index contributed by atoms with van der Waals surface area (Å²) in [6.07, 6.45) is 0. The van der Waals surface area contributed by atoms with Crippen LogP contribution in [0.4, 0.5) is 4.39 Å². The summed E-state index contributed by atoms with van der Waals surface area (Å²) in [5.41, 5.74) is 4.16. The average molecular weight is 382 g/mol. The Hall–Kier alpha value is -3.15. The van der Waals surface area contributed by atoms with Gasteiger partial charge in [-0.3, -0.25) is 4.79 Å². The lowest BCUT2D eigenvalue weighted by Crippen LogP contribution is -2.34. The van der Waals surface area contributed by atoms with E-state index in [1.165, 1.54) is 17.0 Å². The summed E-state index contributed by atoms with van der Waals surface area (Å²) in [6.45, 7) is 6.12. The minimum absolute atomic E-state index is 0.262. The SMILES string of the molecule is CCN(Cc1cccc(F)c1)C(=O)COC(=O)c1ccc2[nH]c(C)c(C)c2c1. The molecule has 28 heavy (non-hydrogen) atoms. The summed E-state index contributed by atoms with van der Waals surface area (Å²) >= 11 is 0. The molecular formula is C22H23FN2O3. The molecule has 1 heterocycles. The van der Waals surface area contributed by atoms with Crippen molar-refractivity contribution in [1.29, 1.82) is 0 Å². The van der Waals surface area contributed by atoms with Crippen molar-refractivity contribution in [3.8, 4) is 0 Å². The Morgan fingerprint density at radius 1 is 1.14 bits per heavy atom. The third-order valence-corrected chi connectivity index (χ3v) is 4.87. The number of aromatic amines is 1. The summed E-state index contributed by atoms with van der Waals surface area (Å²) in [5, 5.41) is 0.958. The predicted molar refractivity (Wildman–Crippen MR) is 106 cm³/mol. The molecule has 3 rings (SSSR count). The van der Waals surface area contributed by atoms with E-state index in [0.717, 1.165) is 22.2 Å². The minimum atomic E-state index is -0.546. The third kappa shape index (κ3) is 4.22. The number of nitrogens with zero attached hydrogens (tertiary/aromatic N) is 1. The highest BCUT2D eigenvalue weighted by Gasteiger charge is 2.17. The van der Waals surface area contributed by atoms with E-state index in [1.54, 1.807) is 24.3 Å². The molecule has 0 fully saturated rings. The molecule has 0 saturated carbocycles. The molecule has 5 nitrogen and oxygen atoms in total. The second-order valence-electron chi connectivity index (χ2n) is 6.75. The Labute approximate surface area is 163 Å². The number of aryl methyl sites for hydroxylation is 2. The smallest absolute Gasteiger partial charge is 0.338 e. The summed E-state index contributed by atoms with van der Waals surface area (Å²) in [4.78, 5) is 29.6. The highest BCUT2D eigenvalue weighted by Crippen LogP contribution is 2.22. The van der Waals surface area contributed by atoms with Gasteiger partial charge in [-0.25, -0.2) is 9.18 Å². The van der Waals surface area contributed by atoms with Crippen LogP contribution in [0, 0.1) is 19.7 Å². The van der Waals surface area contributed by atoms with Gasteiger partial charge >= 0.3 is 5.97 Å². The number of carbonyl (C=O) groups excluding carboxylic acids is 2. The molecule has 0 spiro atoms. The fourth-order valence-corrected chi connectivity index (χ4v) is 3.12. The molecule has 0 unspecified atom stereocenters. The Balaban J connectivity index is 1.64. The molecule has 0 bridgehead atoms. The van der Waals surface area contributed by atoms with Crippen LogP contribution in [0.3, 0.4) is 0 Å². The van der Waals surface area contributed by atoms with Gasteiger partial charge in [0.05, 0.1) is 5.56 Å². The van der Waals surface area contributed by atoms with Crippen LogP contribution in [0.2, 0.25) is 0 Å². The second kappa shape index (κ2) is 8.25. The summed E-state index contributed by atoms with van der Waals surface area (Å²) in [5.74, 6) is -1.22. The van der Waals surface area contributed by atoms with Gasteiger partial charge in [0.25, 0.3) is 5.91 Å². The van der Waals surface area contributed by atoms with Crippen molar-refractivity contribution in [1.82, 2.24) is 9.88 Å². The van der Waals surface area contributed by atoms with E-state index >= 15 is 0 Å². The number of rotatable bonds is 6. The maximum atomic E-state index is 13.3. The lowest BCUT2D eigenvalue weighted by molar-refractivity contribution is -0.134. The molecule has 0 aliphatic heterocycles. The average Bonchev–Trinajstić information content (AvgIpc) is 2.97. The van der Waals surface area contributed by atoms with Crippen LogP contribution in [0.15, 0.2) is 42.5 Å². The molecule has 1 amide bonds. The van der Waals surface area contributed by atoms with E-state index in [1.807, 2.05) is 26.8 Å². The molecule has 146 valence electrons. The molecule has 1 aromatic heterocycles. The van der Waals surface area contributed by atoms with E-state index in [0.29, 0.717) is 17.7 Å². The molecule has 0 aliphatic rings. The largest absolute Gasteiger partial charge is 0.452 e.